The minimum Gasteiger partial charge on any atom is -0.542 e. The molecule has 4 aromatic carbocycles. The van der Waals surface area contributed by atoms with Crippen LogP contribution in [-0.2, 0) is 48.2 Å². The summed E-state index contributed by atoms with van der Waals surface area (Å²) < 4.78 is 31.8. The molecule has 3 amide bonds. The zero-order chi connectivity index (χ0) is 47.8. The number of rotatable bonds is 20. The predicted molar refractivity (Wildman–Crippen MR) is 251 cm³/mol. The Morgan fingerprint density at radius 3 is 2.06 bits per heavy atom. The van der Waals surface area contributed by atoms with Crippen molar-refractivity contribution in [1.29, 1.82) is 0 Å². The number of carbonyl (C=O) groups is 6. The largest absolute Gasteiger partial charge is 0.542 e. The number of β-lactam (4-membered cyclic amide) rings is 1. The molecule has 0 spiro atoms. The van der Waals surface area contributed by atoms with Crippen molar-refractivity contribution in [2.45, 2.75) is 68.8 Å². The zero-order valence-electron chi connectivity index (χ0n) is 37.4. The minimum absolute atomic E-state index is 0.00456. The van der Waals surface area contributed by atoms with E-state index in [0.29, 0.717) is 16.4 Å². The highest BCUT2D eigenvalue weighted by molar-refractivity contribution is 8.20. The highest BCUT2D eigenvalue weighted by Crippen LogP contribution is 2.56. The van der Waals surface area contributed by atoms with Gasteiger partial charge in [-0.05, 0) is 85.5 Å². The van der Waals surface area contributed by atoms with Crippen LogP contribution < -0.4 is 18.9 Å². The number of thioether (sulfide) groups is 2. The third kappa shape index (κ3) is 12.0. The number of hydrogen-bond acceptors (Lipinski definition) is 14. The standard InChI is InChI=1S/C48H50BClN2O12S2/c1-29(27-65-48(45(57)64-49)28-52-42(55)37(44(52)66-48)23-33(53)22-30-10-8-7-9-11-30)24-51(46(58)63-47(2,3)4)43(56)40(54)36-20-21-38(61-25-31-12-16-34(59-5)17-13-31)41(39(36)50)62-26-32-14-18-35(60-6)19-15-32/h7-21,29,37,44H,22-28H2,1-6H3/t29-,37+,44?,48+/m0/s1. The number of nitrogens with zero attached hydrogens (tertiary/aromatic N) is 2. The van der Waals surface area contributed by atoms with E-state index in [1.165, 1.54) is 28.8 Å². The van der Waals surface area contributed by atoms with Gasteiger partial charge in [-0.25, -0.2) is 9.69 Å². The second kappa shape index (κ2) is 21.8. The number of hydrogen-bond donors (Lipinski definition) is 0. The lowest BCUT2D eigenvalue weighted by Gasteiger charge is -2.41. The molecule has 2 aliphatic rings. The van der Waals surface area contributed by atoms with Crippen molar-refractivity contribution in [2.24, 2.45) is 11.8 Å². The number of ether oxygens (including phenoxy) is 5. The molecule has 2 aliphatic heterocycles. The summed E-state index contributed by atoms with van der Waals surface area (Å²) in [6, 6.07) is 26.3. The summed E-state index contributed by atoms with van der Waals surface area (Å²) in [6.45, 7) is 6.34. The third-order valence-electron chi connectivity index (χ3n) is 10.6. The molecule has 346 valence electrons. The normalized spacial score (nSPS) is 18.0. The average molecular weight is 957 g/mol. The molecule has 0 aliphatic carbocycles. The molecule has 4 atom stereocenters. The summed E-state index contributed by atoms with van der Waals surface area (Å²) in [5.41, 5.74) is 1.08. The maximum absolute atomic E-state index is 14.3. The monoisotopic (exact) mass is 956 g/mol. The first-order valence-corrected chi connectivity index (χ1v) is 23.2. The molecular formula is C48H50BClN2O12S2. The number of Topliss-reactive ketones (excluding diaryl/α,β-unsaturated/α-hetero) is 2. The van der Waals surface area contributed by atoms with Crippen molar-refractivity contribution in [3.8, 4) is 23.0 Å². The minimum atomic E-state index is -1.37. The fraction of sp³-hybridized carbons (Fsp3) is 0.375. The van der Waals surface area contributed by atoms with Gasteiger partial charge in [0.05, 0.1) is 42.6 Å². The Balaban J connectivity index is 1.19. The smallest absolute Gasteiger partial charge is 0.417 e. The molecule has 0 aromatic heterocycles. The van der Waals surface area contributed by atoms with Crippen LogP contribution in [0.25, 0.3) is 0 Å². The molecule has 6 rings (SSSR count). The Kier molecular flexibility index (Phi) is 16.4. The van der Waals surface area contributed by atoms with E-state index in [9.17, 15) is 28.8 Å². The van der Waals surface area contributed by atoms with Gasteiger partial charge >= 0.3 is 26.0 Å². The molecule has 1 unspecified atom stereocenters. The van der Waals surface area contributed by atoms with Crippen LogP contribution in [0.4, 0.5) is 4.79 Å². The van der Waals surface area contributed by atoms with Gasteiger partial charge in [0.15, 0.2) is 15.6 Å². The first kappa shape index (κ1) is 49.8. The molecule has 2 saturated heterocycles. The van der Waals surface area contributed by atoms with Gasteiger partial charge in [-0.3, -0.25) is 24.0 Å². The SMILES string of the molecule is [B]OC(=O)[C@@]1(SC[C@@H](C)CN(C(=O)OC(C)(C)C)C(=O)C(=O)c2ccc(OCc3ccc(OC)cc3)c(OCc3ccc(OC)cc3)c2Cl)CN2C(=O)[C@@H](CC(=O)Cc3ccccc3)C2S1. The van der Waals surface area contributed by atoms with Crippen molar-refractivity contribution >= 4 is 78.6 Å². The van der Waals surface area contributed by atoms with Crippen LogP contribution in [0.15, 0.2) is 91.0 Å². The van der Waals surface area contributed by atoms with Crippen molar-refractivity contribution < 1.29 is 57.1 Å². The number of imide groups is 1. The third-order valence-corrected chi connectivity index (χ3v) is 14.6. The lowest BCUT2D eigenvalue weighted by atomic mass is 9.90. The molecule has 4 aromatic rings. The van der Waals surface area contributed by atoms with Crippen LogP contribution in [0.2, 0.25) is 5.02 Å². The summed E-state index contributed by atoms with van der Waals surface area (Å²) in [7, 11) is 8.54. The second-order valence-corrected chi connectivity index (χ2v) is 20.2. The topological polar surface area (TPSA) is 164 Å². The van der Waals surface area contributed by atoms with E-state index in [2.05, 4.69) is 0 Å². The number of carbonyl (C=O) groups excluding carboxylic acids is 6. The molecule has 2 fully saturated rings. The molecular weight excluding hydrogens is 907 g/mol. The fourth-order valence-electron chi connectivity index (χ4n) is 7.19. The number of fused-ring (bicyclic) bond motifs is 1. The highest BCUT2D eigenvalue weighted by Gasteiger charge is 2.62. The van der Waals surface area contributed by atoms with Gasteiger partial charge in [0.1, 0.15) is 36.1 Å². The fourth-order valence-corrected chi connectivity index (χ4v) is 10.7. The van der Waals surface area contributed by atoms with Gasteiger partial charge in [-0.1, -0.05) is 73.1 Å². The maximum Gasteiger partial charge on any atom is 0.417 e. The van der Waals surface area contributed by atoms with E-state index in [1.807, 2.05) is 42.5 Å². The van der Waals surface area contributed by atoms with Crippen LogP contribution in [0.5, 0.6) is 23.0 Å². The Labute approximate surface area is 398 Å². The average Bonchev–Trinajstić information content (AvgIpc) is 3.66. The molecule has 66 heavy (non-hydrogen) atoms. The van der Waals surface area contributed by atoms with Gasteiger partial charge in [-0.2, -0.15) is 0 Å². The number of methoxy groups -OCH3 is 2. The molecule has 0 N–H and O–H groups in total. The summed E-state index contributed by atoms with van der Waals surface area (Å²) in [5, 5.41) is -0.688. The van der Waals surface area contributed by atoms with Crippen LogP contribution in [0.3, 0.4) is 0 Å². The summed E-state index contributed by atoms with van der Waals surface area (Å²) in [4.78, 5) is 84.1. The lowest BCUT2D eigenvalue weighted by Crippen LogP contribution is -2.57. The predicted octanol–water partition coefficient (Wildman–Crippen LogP) is 7.89. The Bertz CT molecular complexity index is 2420. The van der Waals surface area contributed by atoms with Crippen molar-refractivity contribution in [2.75, 3.05) is 33.1 Å². The Hall–Kier alpha value is -5.65. The van der Waals surface area contributed by atoms with Gasteiger partial charge < -0.3 is 33.2 Å². The number of benzene rings is 4. The van der Waals surface area contributed by atoms with Gasteiger partial charge in [0.2, 0.25) is 5.91 Å². The van der Waals surface area contributed by atoms with Crippen LogP contribution in [0.1, 0.15) is 61.2 Å². The first-order chi connectivity index (χ1) is 31.4. The van der Waals surface area contributed by atoms with Crippen molar-refractivity contribution in [3.05, 3.63) is 118 Å². The number of amides is 3. The lowest BCUT2D eigenvalue weighted by molar-refractivity contribution is -0.152. The van der Waals surface area contributed by atoms with Crippen molar-refractivity contribution in [3.63, 3.8) is 0 Å². The quantitative estimate of drug-likeness (QED) is 0.0364. The molecule has 14 nitrogen and oxygen atoms in total. The van der Waals surface area contributed by atoms with Gasteiger partial charge in [0, 0.05) is 19.4 Å². The molecule has 0 saturated carbocycles. The summed E-state index contributed by atoms with van der Waals surface area (Å²) in [5.74, 6) is -3.03. The molecule has 18 heteroatoms. The van der Waals surface area contributed by atoms with E-state index in [4.69, 9.17) is 48.0 Å². The summed E-state index contributed by atoms with van der Waals surface area (Å²) in [6.07, 6.45) is -0.887. The summed E-state index contributed by atoms with van der Waals surface area (Å²) >= 11 is 9.24. The van der Waals surface area contributed by atoms with E-state index in [0.717, 1.165) is 28.5 Å². The van der Waals surface area contributed by atoms with Crippen molar-refractivity contribution in [1.82, 2.24) is 9.80 Å². The van der Waals surface area contributed by atoms with Crippen LogP contribution in [0, 0.1) is 11.8 Å². The maximum atomic E-state index is 14.3. The first-order valence-electron chi connectivity index (χ1n) is 21.0. The number of halogens is 1. The van der Waals surface area contributed by atoms with Gasteiger partial charge in [-0.15, -0.1) is 23.5 Å². The number of ketones is 2. The Morgan fingerprint density at radius 2 is 1.48 bits per heavy atom. The second-order valence-electron chi connectivity index (χ2n) is 16.8. The zero-order valence-corrected chi connectivity index (χ0v) is 39.8. The molecule has 2 heterocycles. The van der Waals surface area contributed by atoms with Crippen LogP contribution >= 0.6 is 35.1 Å². The van der Waals surface area contributed by atoms with E-state index in [-0.39, 0.29) is 78.7 Å². The molecule has 0 bridgehead atoms. The van der Waals surface area contributed by atoms with E-state index >= 15 is 0 Å². The van der Waals surface area contributed by atoms with Gasteiger partial charge in [0.25, 0.3) is 5.78 Å². The van der Waals surface area contributed by atoms with E-state index < -0.39 is 50.6 Å². The molecule has 2 radical (unpaired) electrons. The van der Waals surface area contributed by atoms with Crippen LogP contribution in [-0.4, -0.2) is 101 Å². The highest BCUT2D eigenvalue weighted by atomic mass is 35.5. The Morgan fingerprint density at radius 1 is 0.879 bits per heavy atom. The van der Waals surface area contributed by atoms with E-state index in [1.54, 1.807) is 78.3 Å².